The highest BCUT2D eigenvalue weighted by Gasteiger charge is 2.16. The molecule has 1 atom stereocenters. The van der Waals surface area contributed by atoms with Gasteiger partial charge in [-0.3, -0.25) is 4.79 Å². The van der Waals surface area contributed by atoms with Crippen LogP contribution in [0.15, 0.2) is 48.5 Å². The number of benzene rings is 2. The molecule has 1 N–H and O–H groups in total. The molecule has 0 saturated heterocycles. The molecule has 5 heteroatoms. The minimum atomic E-state index is -0.640. The fourth-order valence-electron chi connectivity index (χ4n) is 1.93. The first-order valence-electron chi connectivity index (χ1n) is 6.92. The lowest BCUT2D eigenvalue weighted by Gasteiger charge is -2.16. The number of rotatable bonds is 6. The molecule has 0 saturated carbocycles. The van der Waals surface area contributed by atoms with Gasteiger partial charge in [0.2, 0.25) is 0 Å². The Bertz CT molecular complexity index is 645. The van der Waals surface area contributed by atoms with E-state index in [0.717, 1.165) is 5.56 Å². The number of carbonyl (C=O) groups excluding carboxylic acids is 1. The van der Waals surface area contributed by atoms with Gasteiger partial charge < -0.3 is 14.8 Å². The molecule has 0 unspecified atom stereocenters. The van der Waals surface area contributed by atoms with Gasteiger partial charge in [0.15, 0.2) is 17.6 Å². The van der Waals surface area contributed by atoms with Crippen LogP contribution in [0.4, 0.5) is 0 Å². The molecule has 0 aliphatic carbocycles. The summed E-state index contributed by atoms with van der Waals surface area (Å²) >= 11 is 6.06. The van der Waals surface area contributed by atoms with Crippen LogP contribution in [0.25, 0.3) is 0 Å². The molecule has 0 spiro atoms. The van der Waals surface area contributed by atoms with Crippen LogP contribution >= 0.6 is 11.6 Å². The van der Waals surface area contributed by atoms with Crippen molar-refractivity contribution < 1.29 is 14.3 Å². The van der Waals surface area contributed by atoms with Gasteiger partial charge in [-0.2, -0.15) is 0 Å². The minimum absolute atomic E-state index is 0.217. The zero-order chi connectivity index (χ0) is 15.9. The second-order valence-electron chi connectivity index (χ2n) is 4.72. The monoisotopic (exact) mass is 319 g/mol. The van der Waals surface area contributed by atoms with Crippen LogP contribution in [-0.2, 0) is 11.3 Å². The van der Waals surface area contributed by atoms with Gasteiger partial charge in [0, 0.05) is 11.6 Å². The largest absolute Gasteiger partial charge is 0.493 e. The summed E-state index contributed by atoms with van der Waals surface area (Å²) < 4.78 is 10.8. The Morgan fingerprint density at radius 3 is 2.45 bits per heavy atom. The highest BCUT2D eigenvalue weighted by atomic mass is 35.5. The van der Waals surface area contributed by atoms with Crippen molar-refractivity contribution in [1.82, 2.24) is 5.32 Å². The van der Waals surface area contributed by atoms with Crippen molar-refractivity contribution in [3.8, 4) is 11.5 Å². The Balaban J connectivity index is 1.94. The molecule has 0 aliphatic rings. The number of hydrogen-bond acceptors (Lipinski definition) is 3. The zero-order valence-electron chi connectivity index (χ0n) is 12.5. The van der Waals surface area contributed by atoms with Crippen LogP contribution in [0.3, 0.4) is 0 Å². The van der Waals surface area contributed by atoms with Gasteiger partial charge in [0.25, 0.3) is 5.91 Å². The predicted molar refractivity (Wildman–Crippen MR) is 86.4 cm³/mol. The number of para-hydroxylation sites is 2. The standard InChI is InChI=1S/C17H18ClNO3/c1-12(22-16-10-6-5-9-15(16)21-2)17(20)19-11-13-7-3-4-8-14(13)18/h3-10,12H,11H2,1-2H3,(H,19,20)/t12-/m0/s1. The molecule has 1 amide bonds. The number of halogens is 1. The number of hydrogen-bond donors (Lipinski definition) is 1. The van der Waals surface area contributed by atoms with E-state index in [1.807, 2.05) is 30.3 Å². The average molecular weight is 320 g/mol. The van der Waals surface area contributed by atoms with Crippen LogP contribution in [-0.4, -0.2) is 19.1 Å². The molecular weight excluding hydrogens is 302 g/mol. The third kappa shape index (κ3) is 4.15. The Labute approximate surface area is 135 Å². The van der Waals surface area contributed by atoms with E-state index in [1.54, 1.807) is 32.2 Å². The molecule has 0 radical (unpaired) electrons. The van der Waals surface area contributed by atoms with Crippen molar-refractivity contribution in [3.63, 3.8) is 0 Å². The smallest absolute Gasteiger partial charge is 0.261 e. The lowest BCUT2D eigenvalue weighted by atomic mass is 10.2. The molecule has 0 aliphatic heterocycles. The summed E-state index contributed by atoms with van der Waals surface area (Å²) in [4.78, 5) is 12.1. The summed E-state index contributed by atoms with van der Waals surface area (Å²) in [5.41, 5.74) is 0.863. The van der Waals surface area contributed by atoms with Crippen molar-refractivity contribution in [2.24, 2.45) is 0 Å². The number of amides is 1. The van der Waals surface area contributed by atoms with Crippen LogP contribution in [0, 0.1) is 0 Å². The molecule has 4 nitrogen and oxygen atoms in total. The number of methoxy groups -OCH3 is 1. The van der Waals surface area contributed by atoms with Gasteiger partial charge in [-0.05, 0) is 30.7 Å². The number of nitrogens with one attached hydrogen (secondary N) is 1. The highest BCUT2D eigenvalue weighted by molar-refractivity contribution is 6.31. The summed E-state index contributed by atoms with van der Waals surface area (Å²) in [5, 5.41) is 3.43. The maximum Gasteiger partial charge on any atom is 0.261 e. The van der Waals surface area contributed by atoms with Crippen molar-refractivity contribution in [1.29, 1.82) is 0 Å². The number of carbonyl (C=O) groups is 1. The molecule has 2 rings (SSSR count). The third-order valence-corrected chi connectivity index (χ3v) is 3.52. The lowest BCUT2D eigenvalue weighted by molar-refractivity contribution is -0.127. The molecule has 116 valence electrons. The van der Waals surface area contributed by atoms with Crippen molar-refractivity contribution in [3.05, 3.63) is 59.1 Å². The van der Waals surface area contributed by atoms with Gasteiger partial charge in [0.1, 0.15) is 0 Å². The molecule has 22 heavy (non-hydrogen) atoms. The highest BCUT2D eigenvalue weighted by Crippen LogP contribution is 2.26. The summed E-state index contributed by atoms with van der Waals surface area (Å²) in [6.07, 6.45) is -0.640. The normalized spacial score (nSPS) is 11.6. The molecular formula is C17H18ClNO3. The average Bonchev–Trinajstić information content (AvgIpc) is 2.54. The van der Waals surface area contributed by atoms with E-state index < -0.39 is 6.10 Å². The van der Waals surface area contributed by atoms with Crippen molar-refractivity contribution >= 4 is 17.5 Å². The quantitative estimate of drug-likeness (QED) is 0.887. The van der Waals surface area contributed by atoms with E-state index in [1.165, 1.54) is 0 Å². The fraction of sp³-hybridized carbons (Fsp3) is 0.235. The summed E-state index contributed by atoms with van der Waals surface area (Å²) in [7, 11) is 1.56. The second kappa shape index (κ2) is 7.71. The van der Waals surface area contributed by atoms with Crippen LogP contribution in [0.1, 0.15) is 12.5 Å². The molecule has 0 fully saturated rings. The van der Waals surface area contributed by atoms with Gasteiger partial charge in [0.05, 0.1) is 7.11 Å². The molecule has 2 aromatic carbocycles. The first kappa shape index (κ1) is 16.2. The second-order valence-corrected chi connectivity index (χ2v) is 5.13. The van der Waals surface area contributed by atoms with Gasteiger partial charge >= 0.3 is 0 Å². The summed E-state index contributed by atoms with van der Waals surface area (Å²) in [5.74, 6) is 0.907. The minimum Gasteiger partial charge on any atom is -0.493 e. The SMILES string of the molecule is COc1ccccc1O[C@@H](C)C(=O)NCc1ccccc1Cl. The van der Waals surface area contributed by atoms with E-state index in [2.05, 4.69) is 5.32 Å². The topological polar surface area (TPSA) is 47.6 Å². The zero-order valence-corrected chi connectivity index (χ0v) is 13.3. The molecule has 0 heterocycles. The third-order valence-electron chi connectivity index (χ3n) is 3.15. The maximum atomic E-state index is 12.1. The lowest BCUT2D eigenvalue weighted by Crippen LogP contribution is -2.36. The predicted octanol–water partition coefficient (Wildman–Crippen LogP) is 3.43. The summed E-state index contributed by atoms with van der Waals surface area (Å²) in [6.45, 7) is 2.05. The van der Waals surface area contributed by atoms with E-state index in [-0.39, 0.29) is 5.91 Å². The number of ether oxygens (including phenoxy) is 2. The van der Waals surface area contributed by atoms with Gasteiger partial charge in [-0.1, -0.05) is 41.9 Å². The summed E-state index contributed by atoms with van der Waals surface area (Å²) in [6, 6.07) is 14.6. The van der Waals surface area contributed by atoms with Gasteiger partial charge in [-0.25, -0.2) is 0 Å². The van der Waals surface area contributed by atoms with E-state index >= 15 is 0 Å². The molecule has 0 bridgehead atoms. The molecule has 2 aromatic rings. The van der Waals surface area contributed by atoms with E-state index in [9.17, 15) is 4.79 Å². The Hall–Kier alpha value is -2.20. The van der Waals surface area contributed by atoms with Crippen LogP contribution in [0.2, 0.25) is 5.02 Å². The maximum absolute atomic E-state index is 12.1. The Kier molecular flexibility index (Phi) is 5.67. The fourth-order valence-corrected chi connectivity index (χ4v) is 2.13. The van der Waals surface area contributed by atoms with Crippen molar-refractivity contribution in [2.45, 2.75) is 19.6 Å². The van der Waals surface area contributed by atoms with Crippen molar-refractivity contribution in [2.75, 3.05) is 7.11 Å². The first-order chi connectivity index (χ1) is 10.6. The van der Waals surface area contributed by atoms with E-state index in [4.69, 9.17) is 21.1 Å². The van der Waals surface area contributed by atoms with Crippen LogP contribution < -0.4 is 14.8 Å². The van der Waals surface area contributed by atoms with E-state index in [0.29, 0.717) is 23.1 Å². The Morgan fingerprint density at radius 1 is 1.14 bits per heavy atom. The first-order valence-corrected chi connectivity index (χ1v) is 7.30. The van der Waals surface area contributed by atoms with Crippen LogP contribution in [0.5, 0.6) is 11.5 Å². The Morgan fingerprint density at radius 2 is 1.77 bits per heavy atom. The molecule has 0 aromatic heterocycles. The van der Waals surface area contributed by atoms with Gasteiger partial charge in [-0.15, -0.1) is 0 Å².